The Morgan fingerprint density at radius 2 is 2.00 bits per heavy atom. The number of amides is 1. The van der Waals surface area contributed by atoms with Crippen molar-refractivity contribution in [3.8, 4) is 0 Å². The zero-order valence-electron chi connectivity index (χ0n) is 13.9. The maximum atomic E-state index is 12.7. The van der Waals surface area contributed by atoms with Crippen molar-refractivity contribution in [3.05, 3.63) is 30.2 Å². The van der Waals surface area contributed by atoms with Crippen LogP contribution in [-0.2, 0) is 9.53 Å². The van der Waals surface area contributed by atoms with Crippen LogP contribution in [0, 0.1) is 0 Å². The quantitative estimate of drug-likeness (QED) is 0.866. The molecule has 0 bridgehead atoms. The van der Waals surface area contributed by atoms with Gasteiger partial charge in [-0.05, 0) is 37.8 Å². The molecule has 1 saturated carbocycles. The van der Waals surface area contributed by atoms with Crippen LogP contribution in [0.1, 0.15) is 56.8 Å². The third-order valence-electron chi connectivity index (χ3n) is 5.21. The summed E-state index contributed by atoms with van der Waals surface area (Å²) in [4.78, 5) is 14.6. The Morgan fingerprint density at radius 1 is 1.12 bits per heavy atom. The second-order valence-electron chi connectivity index (χ2n) is 6.80. The van der Waals surface area contributed by atoms with Crippen LogP contribution in [0.5, 0.6) is 0 Å². The van der Waals surface area contributed by atoms with Crippen molar-refractivity contribution in [2.45, 2.75) is 57.1 Å². The van der Waals surface area contributed by atoms with Crippen molar-refractivity contribution in [2.75, 3.05) is 13.2 Å². The number of rotatable bonds is 4. The molecule has 0 unspecified atom stereocenters. The number of pyridine rings is 1. The third-order valence-corrected chi connectivity index (χ3v) is 5.21. The first-order chi connectivity index (χ1) is 11.8. The van der Waals surface area contributed by atoms with Crippen LogP contribution in [0.2, 0.25) is 0 Å². The van der Waals surface area contributed by atoms with Crippen LogP contribution < -0.4 is 0 Å². The van der Waals surface area contributed by atoms with Crippen molar-refractivity contribution >= 4 is 11.6 Å². The Kier molecular flexibility index (Phi) is 4.47. The third kappa shape index (κ3) is 3.02. The number of carbonyl (C=O) groups is 1. The molecule has 2 aromatic heterocycles. The van der Waals surface area contributed by atoms with Crippen molar-refractivity contribution < 1.29 is 9.53 Å². The zero-order chi connectivity index (χ0) is 16.4. The molecule has 1 aliphatic heterocycles. The molecule has 0 N–H and O–H groups in total. The summed E-state index contributed by atoms with van der Waals surface area (Å²) in [5.41, 5.74) is 0.824. The monoisotopic (exact) mass is 328 g/mol. The number of likely N-dealkylation sites (tertiary alicyclic amines) is 1. The fourth-order valence-corrected chi connectivity index (χ4v) is 3.92. The van der Waals surface area contributed by atoms with Crippen LogP contribution in [0.4, 0.5) is 0 Å². The topological polar surface area (TPSA) is 59.7 Å². The summed E-state index contributed by atoms with van der Waals surface area (Å²) in [6.45, 7) is 0.969. The van der Waals surface area contributed by atoms with E-state index in [0.717, 1.165) is 43.7 Å². The van der Waals surface area contributed by atoms with Crippen molar-refractivity contribution in [2.24, 2.45) is 0 Å². The van der Waals surface area contributed by atoms with E-state index in [0.29, 0.717) is 0 Å². The van der Waals surface area contributed by atoms with Gasteiger partial charge in [0.05, 0.1) is 12.1 Å². The molecule has 6 heteroatoms. The highest BCUT2D eigenvalue weighted by Crippen LogP contribution is 2.31. The van der Waals surface area contributed by atoms with Crippen molar-refractivity contribution in [1.29, 1.82) is 0 Å². The first kappa shape index (κ1) is 15.6. The molecular formula is C18H24N4O2. The standard InChI is InChI=1S/C18H24N4O2/c23-17(13-24-14-7-2-1-3-8-14)21-12-6-9-15(21)18-20-19-16-10-4-5-11-22(16)18/h4-5,10-11,14-15H,1-3,6-9,12-13H2/t15-/m0/s1. The fourth-order valence-electron chi connectivity index (χ4n) is 3.92. The number of carbonyl (C=O) groups excluding carboxylic acids is 1. The lowest BCUT2D eigenvalue weighted by Crippen LogP contribution is -2.35. The van der Waals surface area contributed by atoms with Crippen molar-refractivity contribution in [3.63, 3.8) is 0 Å². The summed E-state index contributed by atoms with van der Waals surface area (Å²) < 4.78 is 7.86. The first-order valence-electron chi connectivity index (χ1n) is 9.03. The van der Waals surface area contributed by atoms with Crippen LogP contribution in [0.15, 0.2) is 24.4 Å². The lowest BCUT2D eigenvalue weighted by molar-refractivity contribution is -0.140. The highest BCUT2D eigenvalue weighted by molar-refractivity contribution is 5.78. The highest BCUT2D eigenvalue weighted by Gasteiger charge is 2.33. The molecule has 0 aromatic carbocycles. The Morgan fingerprint density at radius 3 is 2.88 bits per heavy atom. The van der Waals surface area contributed by atoms with Crippen LogP contribution in [0.25, 0.3) is 5.65 Å². The maximum Gasteiger partial charge on any atom is 0.249 e. The lowest BCUT2D eigenvalue weighted by Gasteiger charge is -2.26. The molecule has 1 saturated heterocycles. The van der Waals surface area contributed by atoms with Gasteiger partial charge >= 0.3 is 0 Å². The van der Waals surface area contributed by atoms with Gasteiger partial charge < -0.3 is 9.64 Å². The first-order valence-corrected chi connectivity index (χ1v) is 9.03. The summed E-state index contributed by atoms with van der Waals surface area (Å²) in [6, 6.07) is 5.85. The fraction of sp³-hybridized carbons (Fsp3) is 0.611. The average molecular weight is 328 g/mol. The van der Waals surface area contributed by atoms with E-state index in [1.54, 1.807) is 0 Å². The number of hydrogen-bond acceptors (Lipinski definition) is 4. The molecule has 24 heavy (non-hydrogen) atoms. The average Bonchev–Trinajstić information content (AvgIpc) is 3.27. The Bertz CT molecular complexity index is 708. The summed E-state index contributed by atoms with van der Waals surface area (Å²) in [6.07, 6.45) is 10.1. The molecule has 0 radical (unpaired) electrons. The van der Waals surface area contributed by atoms with Gasteiger partial charge in [0.2, 0.25) is 5.91 Å². The molecule has 0 spiro atoms. The summed E-state index contributed by atoms with van der Waals surface area (Å²) in [5.74, 6) is 0.935. The minimum absolute atomic E-state index is 0.00450. The molecule has 2 aromatic rings. The zero-order valence-corrected chi connectivity index (χ0v) is 13.9. The maximum absolute atomic E-state index is 12.7. The van der Waals surface area contributed by atoms with Crippen LogP contribution >= 0.6 is 0 Å². The van der Waals surface area contributed by atoms with E-state index in [1.165, 1.54) is 19.3 Å². The van der Waals surface area contributed by atoms with Gasteiger partial charge in [0.15, 0.2) is 11.5 Å². The van der Waals surface area contributed by atoms with Gasteiger partial charge in [-0.3, -0.25) is 9.20 Å². The Balaban J connectivity index is 1.45. The van der Waals surface area contributed by atoms with Crippen LogP contribution in [-0.4, -0.2) is 44.7 Å². The van der Waals surface area contributed by atoms with E-state index in [4.69, 9.17) is 4.74 Å². The second-order valence-corrected chi connectivity index (χ2v) is 6.80. The second kappa shape index (κ2) is 6.89. The number of hydrogen-bond donors (Lipinski definition) is 0. The van der Waals surface area contributed by atoms with E-state index in [1.807, 2.05) is 33.7 Å². The minimum atomic E-state index is 0.00450. The van der Waals surface area contributed by atoms with E-state index >= 15 is 0 Å². The molecule has 2 aliphatic rings. The van der Waals surface area contributed by atoms with Crippen molar-refractivity contribution in [1.82, 2.24) is 19.5 Å². The smallest absolute Gasteiger partial charge is 0.249 e. The summed E-state index contributed by atoms with van der Waals surface area (Å²) >= 11 is 0. The van der Waals surface area contributed by atoms with Gasteiger partial charge in [-0.1, -0.05) is 25.3 Å². The molecule has 1 aliphatic carbocycles. The van der Waals surface area contributed by atoms with Gasteiger partial charge in [-0.2, -0.15) is 0 Å². The Hall–Kier alpha value is -1.95. The van der Waals surface area contributed by atoms with E-state index in [-0.39, 0.29) is 24.7 Å². The molecule has 6 nitrogen and oxygen atoms in total. The number of ether oxygens (including phenoxy) is 1. The normalized spacial score (nSPS) is 22.3. The summed E-state index contributed by atoms with van der Waals surface area (Å²) in [7, 11) is 0. The molecule has 1 atom stereocenters. The van der Waals surface area contributed by atoms with E-state index in [9.17, 15) is 4.79 Å². The minimum Gasteiger partial charge on any atom is -0.368 e. The molecular weight excluding hydrogens is 304 g/mol. The molecule has 2 fully saturated rings. The molecule has 3 heterocycles. The van der Waals surface area contributed by atoms with E-state index < -0.39 is 0 Å². The van der Waals surface area contributed by atoms with Gasteiger partial charge in [0.1, 0.15) is 6.61 Å². The number of aromatic nitrogens is 3. The summed E-state index contributed by atoms with van der Waals surface area (Å²) in [5, 5.41) is 8.56. The van der Waals surface area contributed by atoms with Gasteiger partial charge in [0, 0.05) is 12.7 Å². The van der Waals surface area contributed by atoms with Gasteiger partial charge in [0.25, 0.3) is 0 Å². The molecule has 1 amide bonds. The van der Waals surface area contributed by atoms with Gasteiger partial charge in [-0.25, -0.2) is 0 Å². The number of nitrogens with zero attached hydrogens (tertiary/aromatic N) is 4. The van der Waals surface area contributed by atoms with E-state index in [2.05, 4.69) is 10.2 Å². The Labute approximate surface area is 141 Å². The predicted molar refractivity (Wildman–Crippen MR) is 89.5 cm³/mol. The molecule has 4 rings (SSSR count). The van der Waals surface area contributed by atoms with Crippen LogP contribution in [0.3, 0.4) is 0 Å². The molecule has 128 valence electrons. The predicted octanol–water partition coefficient (Wildman–Crippen LogP) is 2.74. The largest absolute Gasteiger partial charge is 0.368 e. The SMILES string of the molecule is O=C(COC1CCCCC1)N1CCC[C@H]1c1nnc2ccccn12. The van der Waals surface area contributed by atoms with Gasteiger partial charge in [-0.15, -0.1) is 10.2 Å². The lowest BCUT2D eigenvalue weighted by atomic mass is 9.98. The highest BCUT2D eigenvalue weighted by atomic mass is 16.5. The number of fused-ring (bicyclic) bond motifs is 1.